The topological polar surface area (TPSA) is 72.3 Å². The van der Waals surface area contributed by atoms with Gasteiger partial charge in [-0.15, -0.1) is 0 Å². The summed E-state index contributed by atoms with van der Waals surface area (Å²) >= 11 is 11.6. The Hall–Kier alpha value is -0.480. The van der Waals surface area contributed by atoms with Crippen LogP contribution in [0.4, 0.5) is 0 Å². The lowest BCUT2D eigenvalue weighted by atomic mass is 10.1. The number of aromatic hydroxyl groups is 1. The molecule has 0 spiro atoms. The van der Waals surface area contributed by atoms with Gasteiger partial charge >= 0.3 is 0 Å². The molecule has 0 bridgehead atoms. The molecule has 0 unspecified atom stereocenters. The predicted molar refractivity (Wildman–Crippen MR) is 53.9 cm³/mol. The zero-order chi connectivity index (χ0) is 10.0. The van der Waals surface area contributed by atoms with Crippen molar-refractivity contribution in [1.29, 1.82) is 0 Å². The summed E-state index contributed by atoms with van der Waals surface area (Å²) < 4.78 is 0. The Morgan fingerprint density at radius 2 is 1.62 bits per heavy atom. The molecule has 0 fully saturated rings. The fourth-order valence-electron chi connectivity index (χ4n) is 1.03. The van der Waals surface area contributed by atoms with E-state index in [0.717, 1.165) is 0 Å². The summed E-state index contributed by atoms with van der Waals surface area (Å²) in [5, 5.41) is 9.87. The maximum atomic E-state index is 9.46. The van der Waals surface area contributed by atoms with Crippen LogP contribution in [0.25, 0.3) is 0 Å². The van der Waals surface area contributed by atoms with Gasteiger partial charge in [0.15, 0.2) is 0 Å². The third kappa shape index (κ3) is 1.89. The van der Waals surface area contributed by atoms with E-state index >= 15 is 0 Å². The molecule has 72 valence electrons. The molecule has 0 saturated carbocycles. The average Bonchev–Trinajstić information content (AvgIpc) is 2.15. The molecule has 0 amide bonds. The SMILES string of the molecule is NCc1cc(CN)c(Cl)c(Cl)c1O. The normalized spacial score (nSPS) is 10.5. The van der Waals surface area contributed by atoms with E-state index in [0.29, 0.717) is 16.1 Å². The van der Waals surface area contributed by atoms with Crippen LogP contribution in [0.5, 0.6) is 5.75 Å². The van der Waals surface area contributed by atoms with Crippen molar-refractivity contribution in [3.05, 3.63) is 27.2 Å². The highest BCUT2D eigenvalue weighted by Crippen LogP contribution is 2.36. The van der Waals surface area contributed by atoms with Crippen molar-refractivity contribution in [1.82, 2.24) is 0 Å². The number of hydrogen-bond donors (Lipinski definition) is 3. The van der Waals surface area contributed by atoms with Crippen LogP contribution >= 0.6 is 23.2 Å². The van der Waals surface area contributed by atoms with Gasteiger partial charge in [0, 0.05) is 18.7 Å². The molecule has 0 saturated heterocycles. The number of halogens is 2. The van der Waals surface area contributed by atoms with Crippen molar-refractivity contribution in [2.45, 2.75) is 13.1 Å². The molecule has 0 heterocycles. The van der Waals surface area contributed by atoms with E-state index in [-0.39, 0.29) is 23.9 Å². The Kier molecular flexibility index (Phi) is 3.39. The Morgan fingerprint density at radius 3 is 2.08 bits per heavy atom. The first-order chi connectivity index (χ1) is 6.11. The van der Waals surface area contributed by atoms with Gasteiger partial charge in [0.05, 0.1) is 5.02 Å². The molecule has 13 heavy (non-hydrogen) atoms. The molecule has 0 aromatic heterocycles. The molecule has 5 heteroatoms. The fraction of sp³-hybridized carbons (Fsp3) is 0.250. The molecule has 0 radical (unpaired) electrons. The largest absolute Gasteiger partial charge is 0.506 e. The van der Waals surface area contributed by atoms with Crippen molar-refractivity contribution in [3.8, 4) is 5.75 Å². The van der Waals surface area contributed by atoms with Crippen LogP contribution in [0.2, 0.25) is 10.0 Å². The maximum absolute atomic E-state index is 9.46. The standard InChI is InChI=1S/C8H10Cl2N2O/c9-6-4(2-11)1-5(3-12)8(13)7(6)10/h1,13H,2-3,11-12H2. The molecule has 0 aliphatic rings. The lowest BCUT2D eigenvalue weighted by molar-refractivity contribution is 0.468. The van der Waals surface area contributed by atoms with Crippen molar-refractivity contribution >= 4 is 23.2 Å². The fourth-order valence-corrected chi connectivity index (χ4v) is 1.50. The van der Waals surface area contributed by atoms with Crippen LogP contribution in [-0.2, 0) is 13.1 Å². The summed E-state index contributed by atoms with van der Waals surface area (Å²) in [4.78, 5) is 0. The summed E-state index contributed by atoms with van der Waals surface area (Å²) in [6, 6.07) is 1.66. The minimum Gasteiger partial charge on any atom is -0.506 e. The molecule has 0 atom stereocenters. The predicted octanol–water partition coefficient (Wildman–Crippen LogP) is 1.62. The number of benzene rings is 1. The zero-order valence-electron chi connectivity index (χ0n) is 6.85. The van der Waals surface area contributed by atoms with Crippen LogP contribution in [0.15, 0.2) is 6.07 Å². The highest BCUT2D eigenvalue weighted by Gasteiger charge is 2.12. The molecule has 1 aromatic rings. The maximum Gasteiger partial charge on any atom is 0.140 e. The van der Waals surface area contributed by atoms with Gasteiger partial charge in [0.25, 0.3) is 0 Å². The second kappa shape index (κ2) is 4.15. The first kappa shape index (κ1) is 10.6. The number of phenols is 1. The molecule has 1 aromatic carbocycles. The molecular weight excluding hydrogens is 211 g/mol. The smallest absolute Gasteiger partial charge is 0.140 e. The summed E-state index contributed by atoms with van der Waals surface area (Å²) in [5.41, 5.74) is 12.1. The first-order valence-electron chi connectivity index (χ1n) is 3.70. The van der Waals surface area contributed by atoms with Crippen molar-refractivity contribution in [2.75, 3.05) is 0 Å². The molecular formula is C8H10Cl2N2O. The van der Waals surface area contributed by atoms with E-state index in [1.54, 1.807) is 6.07 Å². The summed E-state index contributed by atoms with van der Waals surface area (Å²) in [6.07, 6.45) is 0. The van der Waals surface area contributed by atoms with E-state index in [4.69, 9.17) is 34.7 Å². The van der Waals surface area contributed by atoms with Crippen LogP contribution in [-0.4, -0.2) is 5.11 Å². The zero-order valence-corrected chi connectivity index (χ0v) is 8.36. The van der Waals surface area contributed by atoms with Gasteiger partial charge in [-0.25, -0.2) is 0 Å². The van der Waals surface area contributed by atoms with E-state index < -0.39 is 0 Å². The van der Waals surface area contributed by atoms with Gasteiger partial charge in [-0.1, -0.05) is 23.2 Å². The molecule has 0 aliphatic heterocycles. The third-order valence-corrected chi connectivity index (χ3v) is 2.67. The lowest BCUT2D eigenvalue weighted by Gasteiger charge is -2.09. The van der Waals surface area contributed by atoms with Gasteiger partial charge in [-0.3, -0.25) is 0 Å². The molecule has 5 N–H and O–H groups in total. The number of phenolic OH excluding ortho intramolecular Hbond substituents is 1. The highest BCUT2D eigenvalue weighted by atomic mass is 35.5. The third-order valence-electron chi connectivity index (χ3n) is 1.77. The van der Waals surface area contributed by atoms with Crippen LogP contribution in [0, 0.1) is 0 Å². The Morgan fingerprint density at radius 1 is 1.08 bits per heavy atom. The van der Waals surface area contributed by atoms with Crippen molar-refractivity contribution in [2.24, 2.45) is 11.5 Å². The van der Waals surface area contributed by atoms with Crippen LogP contribution in [0.3, 0.4) is 0 Å². The van der Waals surface area contributed by atoms with E-state index in [1.165, 1.54) is 0 Å². The Balaban J connectivity index is 3.36. The van der Waals surface area contributed by atoms with Gasteiger partial charge < -0.3 is 16.6 Å². The van der Waals surface area contributed by atoms with Crippen molar-refractivity contribution in [3.63, 3.8) is 0 Å². The average molecular weight is 221 g/mol. The van der Waals surface area contributed by atoms with Gasteiger partial charge in [-0.05, 0) is 11.6 Å². The summed E-state index contributed by atoms with van der Waals surface area (Å²) in [7, 11) is 0. The van der Waals surface area contributed by atoms with Gasteiger partial charge in [-0.2, -0.15) is 0 Å². The Bertz CT molecular complexity index is 300. The van der Waals surface area contributed by atoms with Crippen LogP contribution < -0.4 is 11.5 Å². The number of hydrogen-bond acceptors (Lipinski definition) is 3. The second-order valence-corrected chi connectivity index (χ2v) is 3.34. The summed E-state index contributed by atoms with van der Waals surface area (Å²) in [6.45, 7) is 0.474. The highest BCUT2D eigenvalue weighted by molar-refractivity contribution is 6.43. The van der Waals surface area contributed by atoms with E-state index in [2.05, 4.69) is 0 Å². The van der Waals surface area contributed by atoms with Gasteiger partial charge in [0.1, 0.15) is 10.8 Å². The molecule has 0 aliphatic carbocycles. The number of rotatable bonds is 2. The molecule has 1 rings (SSSR count). The quantitative estimate of drug-likeness (QED) is 0.710. The van der Waals surface area contributed by atoms with E-state index in [1.807, 2.05) is 0 Å². The monoisotopic (exact) mass is 220 g/mol. The first-order valence-corrected chi connectivity index (χ1v) is 4.46. The van der Waals surface area contributed by atoms with E-state index in [9.17, 15) is 5.11 Å². The number of nitrogens with two attached hydrogens (primary N) is 2. The molecule has 3 nitrogen and oxygen atoms in total. The van der Waals surface area contributed by atoms with Crippen LogP contribution in [0.1, 0.15) is 11.1 Å². The summed E-state index contributed by atoms with van der Waals surface area (Å²) in [5.74, 6) is -0.0635. The lowest BCUT2D eigenvalue weighted by Crippen LogP contribution is -2.03. The second-order valence-electron chi connectivity index (χ2n) is 2.58. The minimum absolute atomic E-state index is 0.0635. The van der Waals surface area contributed by atoms with Crippen molar-refractivity contribution < 1.29 is 5.11 Å². The van der Waals surface area contributed by atoms with Gasteiger partial charge in [0.2, 0.25) is 0 Å². The minimum atomic E-state index is -0.0635. The Labute approximate surface area is 86.2 Å².